The van der Waals surface area contributed by atoms with Crippen molar-refractivity contribution < 1.29 is 19.8 Å². The Balaban J connectivity index is 1.62. The average molecular weight is 469 g/mol. The molecular weight excluding hydrogens is 440 g/mol. The summed E-state index contributed by atoms with van der Waals surface area (Å²) in [6.07, 6.45) is 3.17. The SMILES string of the molecule is CCc1ccc(/C(O)=C2\C(=O)C(=O)N(c3ccc(N4CCCC4)cc3)C2c2cccc(O)c2)cc1. The van der Waals surface area contributed by atoms with Gasteiger partial charge in [0.2, 0.25) is 0 Å². The Morgan fingerprint density at radius 3 is 2.20 bits per heavy atom. The number of ketones is 1. The molecule has 2 aliphatic rings. The number of Topliss-reactive ketones (excluding diaryl/α,β-unsaturated/α-hetero) is 1. The summed E-state index contributed by atoms with van der Waals surface area (Å²) in [4.78, 5) is 30.3. The molecule has 2 aliphatic heterocycles. The number of phenols is 1. The quantitative estimate of drug-likeness (QED) is 0.306. The van der Waals surface area contributed by atoms with Crippen LogP contribution in [0.3, 0.4) is 0 Å². The van der Waals surface area contributed by atoms with Crippen molar-refractivity contribution in [3.05, 3.63) is 95.1 Å². The van der Waals surface area contributed by atoms with Crippen LogP contribution in [0.15, 0.2) is 78.4 Å². The molecule has 2 N–H and O–H groups in total. The minimum absolute atomic E-state index is 0.00784. The molecule has 5 rings (SSSR count). The molecule has 0 aliphatic carbocycles. The molecule has 6 heteroatoms. The van der Waals surface area contributed by atoms with Gasteiger partial charge in [0.15, 0.2) is 0 Å². The van der Waals surface area contributed by atoms with E-state index in [-0.39, 0.29) is 17.1 Å². The number of anilines is 2. The van der Waals surface area contributed by atoms with Crippen molar-refractivity contribution in [3.63, 3.8) is 0 Å². The number of rotatable bonds is 5. The van der Waals surface area contributed by atoms with Gasteiger partial charge in [-0.25, -0.2) is 0 Å². The Bertz CT molecular complexity index is 1290. The molecule has 1 amide bonds. The third-order valence-electron chi connectivity index (χ3n) is 6.87. The summed E-state index contributed by atoms with van der Waals surface area (Å²) in [5, 5.41) is 21.4. The lowest BCUT2D eigenvalue weighted by Gasteiger charge is -2.26. The lowest BCUT2D eigenvalue weighted by atomic mass is 9.94. The normalized spacial score (nSPS) is 19.5. The molecule has 0 bridgehead atoms. The molecule has 3 aromatic rings. The number of hydrogen-bond donors (Lipinski definition) is 2. The molecule has 1 unspecified atom stereocenters. The molecule has 2 heterocycles. The van der Waals surface area contributed by atoms with Crippen LogP contribution in [0, 0.1) is 0 Å². The molecule has 0 spiro atoms. The van der Waals surface area contributed by atoms with Crippen LogP contribution in [0.1, 0.15) is 42.5 Å². The fourth-order valence-electron chi connectivity index (χ4n) is 4.96. The summed E-state index contributed by atoms with van der Waals surface area (Å²) in [7, 11) is 0. The largest absolute Gasteiger partial charge is 0.508 e. The minimum Gasteiger partial charge on any atom is -0.508 e. The van der Waals surface area contributed by atoms with Crippen molar-refractivity contribution in [1.82, 2.24) is 0 Å². The molecule has 6 nitrogen and oxygen atoms in total. The van der Waals surface area contributed by atoms with Crippen LogP contribution in [0.4, 0.5) is 11.4 Å². The van der Waals surface area contributed by atoms with E-state index in [0.717, 1.165) is 43.6 Å². The van der Waals surface area contributed by atoms with Crippen LogP contribution in [0.25, 0.3) is 5.76 Å². The Morgan fingerprint density at radius 1 is 0.914 bits per heavy atom. The lowest BCUT2D eigenvalue weighted by molar-refractivity contribution is -0.132. The van der Waals surface area contributed by atoms with Crippen LogP contribution in [0.5, 0.6) is 5.75 Å². The summed E-state index contributed by atoms with van der Waals surface area (Å²) < 4.78 is 0. The van der Waals surface area contributed by atoms with E-state index in [1.54, 1.807) is 24.3 Å². The van der Waals surface area contributed by atoms with Crippen molar-refractivity contribution in [1.29, 1.82) is 0 Å². The van der Waals surface area contributed by atoms with Gasteiger partial charge in [-0.3, -0.25) is 14.5 Å². The molecule has 3 aromatic carbocycles. The fraction of sp³-hybridized carbons (Fsp3) is 0.241. The Labute approximate surface area is 204 Å². The number of aliphatic hydroxyl groups is 1. The van der Waals surface area contributed by atoms with Gasteiger partial charge in [-0.05, 0) is 66.8 Å². The van der Waals surface area contributed by atoms with Crippen molar-refractivity contribution in [2.45, 2.75) is 32.2 Å². The molecule has 1 atom stereocenters. The minimum atomic E-state index is -0.870. The van der Waals surface area contributed by atoms with E-state index in [9.17, 15) is 19.8 Å². The van der Waals surface area contributed by atoms with Gasteiger partial charge >= 0.3 is 0 Å². The Morgan fingerprint density at radius 2 is 1.57 bits per heavy atom. The van der Waals surface area contributed by atoms with Crippen LogP contribution in [-0.4, -0.2) is 35.0 Å². The lowest BCUT2D eigenvalue weighted by Crippen LogP contribution is -2.29. The number of aromatic hydroxyl groups is 1. The van der Waals surface area contributed by atoms with Crippen LogP contribution in [-0.2, 0) is 16.0 Å². The van der Waals surface area contributed by atoms with Crippen molar-refractivity contribution in [2.75, 3.05) is 22.9 Å². The van der Waals surface area contributed by atoms with E-state index in [0.29, 0.717) is 16.8 Å². The number of benzene rings is 3. The second-order valence-corrected chi connectivity index (χ2v) is 9.03. The zero-order valence-electron chi connectivity index (χ0n) is 19.6. The van der Waals surface area contributed by atoms with Crippen molar-refractivity contribution >= 4 is 28.8 Å². The van der Waals surface area contributed by atoms with Gasteiger partial charge in [-0.15, -0.1) is 0 Å². The maximum Gasteiger partial charge on any atom is 0.300 e. The first-order chi connectivity index (χ1) is 17.0. The Hall–Kier alpha value is -4.06. The predicted octanol–water partition coefficient (Wildman–Crippen LogP) is 5.18. The van der Waals surface area contributed by atoms with Gasteiger partial charge in [0, 0.05) is 30.0 Å². The molecule has 2 saturated heterocycles. The second kappa shape index (κ2) is 9.29. The van der Waals surface area contributed by atoms with Crippen LogP contribution >= 0.6 is 0 Å². The maximum absolute atomic E-state index is 13.3. The van der Waals surface area contributed by atoms with Gasteiger partial charge in [0.25, 0.3) is 11.7 Å². The molecule has 0 radical (unpaired) electrons. The first-order valence-electron chi connectivity index (χ1n) is 12.0. The summed E-state index contributed by atoms with van der Waals surface area (Å²) in [6, 6.07) is 20.5. The molecule has 178 valence electrons. The molecule has 0 saturated carbocycles. The maximum atomic E-state index is 13.3. The first kappa shape index (κ1) is 22.7. The van der Waals surface area contributed by atoms with E-state index in [4.69, 9.17) is 0 Å². The number of phenolic OH excluding ortho intramolecular Hbond substituents is 1. The number of aryl methyl sites for hydroxylation is 1. The second-order valence-electron chi connectivity index (χ2n) is 9.03. The number of carbonyl (C=O) groups excluding carboxylic acids is 2. The summed E-state index contributed by atoms with van der Waals surface area (Å²) >= 11 is 0. The standard InChI is InChI=1S/C29H28N2O4/c1-2-19-8-10-20(11-9-19)27(33)25-26(21-6-5-7-24(32)18-21)31(29(35)28(25)34)23-14-12-22(13-15-23)30-16-3-4-17-30/h5-15,18,26,32-33H,2-4,16-17H2,1H3/b27-25+. The number of amides is 1. The zero-order valence-corrected chi connectivity index (χ0v) is 19.6. The highest BCUT2D eigenvalue weighted by Crippen LogP contribution is 2.43. The monoisotopic (exact) mass is 468 g/mol. The third kappa shape index (κ3) is 4.16. The highest BCUT2D eigenvalue weighted by molar-refractivity contribution is 6.51. The van der Waals surface area contributed by atoms with Crippen LogP contribution < -0.4 is 9.80 Å². The number of aliphatic hydroxyl groups excluding tert-OH is 1. The Kier molecular flexibility index (Phi) is 6.03. The van der Waals surface area contributed by atoms with E-state index < -0.39 is 17.7 Å². The van der Waals surface area contributed by atoms with E-state index >= 15 is 0 Å². The van der Waals surface area contributed by atoms with Crippen molar-refractivity contribution in [2.24, 2.45) is 0 Å². The first-order valence-corrected chi connectivity index (χ1v) is 12.0. The number of carbonyl (C=O) groups is 2. The topological polar surface area (TPSA) is 81.1 Å². The molecule has 2 fully saturated rings. The average Bonchev–Trinajstić information content (AvgIpc) is 3.51. The number of hydrogen-bond acceptors (Lipinski definition) is 5. The molecule has 0 aromatic heterocycles. The zero-order chi connectivity index (χ0) is 24.5. The summed E-state index contributed by atoms with van der Waals surface area (Å²) in [5.74, 6) is -1.67. The molecule has 35 heavy (non-hydrogen) atoms. The smallest absolute Gasteiger partial charge is 0.300 e. The highest BCUT2D eigenvalue weighted by atomic mass is 16.3. The van der Waals surface area contributed by atoms with E-state index in [1.807, 2.05) is 43.3 Å². The van der Waals surface area contributed by atoms with Gasteiger partial charge in [-0.2, -0.15) is 0 Å². The van der Waals surface area contributed by atoms with Gasteiger partial charge in [-0.1, -0.05) is 43.3 Å². The summed E-state index contributed by atoms with van der Waals surface area (Å²) in [6.45, 7) is 4.05. The third-order valence-corrected chi connectivity index (χ3v) is 6.87. The fourth-order valence-corrected chi connectivity index (χ4v) is 4.96. The van der Waals surface area contributed by atoms with Gasteiger partial charge in [0.05, 0.1) is 11.6 Å². The highest BCUT2D eigenvalue weighted by Gasteiger charge is 2.47. The van der Waals surface area contributed by atoms with Gasteiger partial charge in [0.1, 0.15) is 11.5 Å². The number of nitrogens with zero attached hydrogens (tertiary/aromatic N) is 2. The van der Waals surface area contributed by atoms with E-state index in [2.05, 4.69) is 4.90 Å². The predicted molar refractivity (Wildman–Crippen MR) is 137 cm³/mol. The van der Waals surface area contributed by atoms with Crippen LogP contribution in [0.2, 0.25) is 0 Å². The van der Waals surface area contributed by atoms with Gasteiger partial charge < -0.3 is 15.1 Å². The molecular formula is C29H28N2O4. The van der Waals surface area contributed by atoms with Crippen molar-refractivity contribution in [3.8, 4) is 5.75 Å². The van der Waals surface area contributed by atoms with E-state index in [1.165, 1.54) is 17.0 Å². The summed E-state index contributed by atoms with van der Waals surface area (Å²) in [5.41, 5.74) is 3.75.